The summed E-state index contributed by atoms with van der Waals surface area (Å²) in [4.78, 5) is 2.41. The molecule has 0 radical (unpaired) electrons. The number of likely N-dealkylation sites (tertiary alicyclic amines) is 1. The molecule has 0 bridgehead atoms. The molecule has 2 aromatic rings. The summed E-state index contributed by atoms with van der Waals surface area (Å²) >= 11 is 0. The molecule has 1 N–H and O–H groups in total. The van der Waals surface area contributed by atoms with Gasteiger partial charge in [-0.25, -0.2) is 0 Å². The van der Waals surface area contributed by atoms with Crippen molar-refractivity contribution in [3.8, 4) is 0 Å². The van der Waals surface area contributed by atoms with Gasteiger partial charge in [-0.3, -0.25) is 4.90 Å². The molecule has 2 nitrogen and oxygen atoms in total. The van der Waals surface area contributed by atoms with Crippen LogP contribution in [0.2, 0.25) is 0 Å². The minimum atomic E-state index is -0.0722. The highest BCUT2D eigenvalue weighted by Gasteiger charge is 2.43. The lowest BCUT2D eigenvalue weighted by molar-refractivity contribution is -0.0595. The van der Waals surface area contributed by atoms with Crippen molar-refractivity contribution in [3.05, 3.63) is 71.8 Å². The number of benzene rings is 2. The third-order valence-corrected chi connectivity index (χ3v) is 4.40. The van der Waals surface area contributed by atoms with Gasteiger partial charge in [-0.2, -0.15) is 0 Å². The minimum absolute atomic E-state index is 0.0722. The van der Waals surface area contributed by atoms with Gasteiger partial charge < -0.3 is 5.11 Å². The number of aliphatic hydroxyl groups excluding tert-OH is 1. The van der Waals surface area contributed by atoms with E-state index in [0.29, 0.717) is 0 Å². The molecular weight excluding hydrogens is 246 g/mol. The highest BCUT2D eigenvalue weighted by atomic mass is 16.3. The van der Waals surface area contributed by atoms with Crippen molar-refractivity contribution in [2.75, 3.05) is 13.2 Å². The second-order valence-electron chi connectivity index (χ2n) is 5.70. The standard InChI is InChI=1S/C18H21NO/c20-15-18(13-16-7-3-1-4-8-16)11-12-19(18)14-17-9-5-2-6-10-17/h1-10,20H,11-15H2/t18-/m0/s1. The topological polar surface area (TPSA) is 23.5 Å². The van der Waals surface area contributed by atoms with Crippen LogP contribution in [-0.4, -0.2) is 28.7 Å². The Labute approximate surface area is 120 Å². The van der Waals surface area contributed by atoms with Crippen molar-refractivity contribution in [2.45, 2.75) is 24.9 Å². The molecule has 1 heterocycles. The quantitative estimate of drug-likeness (QED) is 0.900. The number of hydrogen-bond donors (Lipinski definition) is 1. The van der Waals surface area contributed by atoms with Crippen LogP contribution in [0.3, 0.4) is 0 Å². The summed E-state index contributed by atoms with van der Waals surface area (Å²) in [6.07, 6.45) is 2.00. The lowest BCUT2D eigenvalue weighted by Gasteiger charge is -2.52. The SMILES string of the molecule is OC[C@@]1(Cc2ccccc2)CCN1Cc1ccccc1. The predicted molar refractivity (Wildman–Crippen MR) is 81.4 cm³/mol. The Balaban J connectivity index is 1.73. The molecule has 1 atom stereocenters. The molecule has 0 aromatic heterocycles. The van der Waals surface area contributed by atoms with E-state index in [0.717, 1.165) is 25.9 Å². The van der Waals surface area contributed by atoms with Crippen LogP contribution in [0.1, 0.15) is 17.5 Å². The maximum atomic E-state index is 9.90. The monoisotopic (exact) mass is 267 g/mol. The molecule has 1 aliphatic rings. The van der Waals surface area contributed by atoms with Crippen LogP contribution in [0.4, 0.5) is 0 Å². The average molecular weight is 267 g/mol. The van der Waals surface area contributed by atoms with Gasteiger partial charge in [0.2, 0.25) is 0 Å². The van der Waals surface area contributed by atoms with E-state index in [-0.39, 0.29) is 12.1 Å². The molecule has 0 aliphatic carbocycles. The van der Waals surface area contributed by atoms with E-state index in [9.17, 15) is 5.11 Å². The maximum absolute atomic E-state index is 9.90. The molecule has 2 heteroatoms. The third kappa shape index (κ3) is 2.62. The van der Waals surface area contributed by atoms with Crippen molar-refractivity contribution < 1.29 is 5.11 Å². The van der Waals surface area contributed by atoms with Crippen molar-refractivity contribution >= 4 is 0 Å². The van der Waals surface area contributed by atoms with Crippen LogP contribution in [0.15, 0.2) is 60.7 Å². The van der Waals surface area contributed by atoms with Gasteiger partial charge in [-0.15, -0.1) is 0 Å². The first kappa shape index (κ1) is 13.3. The molecule has 0 unspecified atom stereocenters. The molecular formula is C18H21NO. The Hall–Kier alpha value is -1.64. The Bertz CT molecular complexity index is 536. The van der Waals surface area contributed by atoms with Crippen LogP contribution in [0.25, 0.3) is 0 Å². The Morgan fingerprint density at radius 1 is 0.900 bits per heavy atom. The number of rotatable bonds is 5. The van der Waals surface area contributed by atoms with E-state index in [1.54, 1.807) is 0 Å². The summed E-state index contributed by atoms with van der Waals surface area (Å²) in [7, 11) is 0. The van der Waals surface area contributed by atoms with Crippen molar-refractivity contribution in [1.29, 1.82) is 0 Å². The fourth-order valence-corrected chi connectivity index (χ4v) is 3.05. The van der Waals surface area contributed by atoms with Gasteiger partial charge in [0.05, 0.1) is 6.61 Å². The molecule has 0 spiro atoms. The van der Waals surface area contributed by atoms with Gasteiger partial charge in [0.15, 0.2) is 0 Å². The smallest absolute Gasteiger partial charge is 0.0619 e. The zero-order chi connectivity index (χ0) is 13.8. The largest absolute Gasteiger partial charge is 0.394 e. The zero-order valence-electron chi connectivity index (χ0n) is 11.7. The molecule has 104 valence electrons. The van der Waals surface area contributed by atoms with Crippen LogP contribution in [0.5, 0.6) is 0 Å². The Kier molecular flexibility index (Phi) is 3.86. The van der Waals surface area contributed by atoms with Crippen LogP contribution >= 0.6 is 0 Å². The van der Waals surface area contributed by atoms with Crippen molar-refractivity contribution in [3.63, 3.8) is 0 Å². The zero-order valence-corrected chi connectivity index (χ0v) is 11.7. The summed E-state index contributed by atoms with van der Waals surface area (Å²) < 4.78 is 0. The Morgan fingerprint density at radius 2 is 1.50 bits per heavy atom. The van der Waals surface area contributed by atoms with Crippen molar-refractivity contribution in [2.24, 2.45) is 0 Å². The summed E-state index contributed by atoms with van der Waals surface area (Å²) in [5, 5.41) is 9.90. The van der Waals surface area contributed by atoms with Crippen molar-refractivity contribution in [1.82, 2.24) is 4.90 Å². The summed E-state index contributed by atoms with van der Waals surface area (Å²) in [5.41, 5.74) is 2.55. The van der Waals surface area contributed by atoms with Gasteiger partial charge in [-0.05, 0) is 24.0 Å². The lowest BCUT2D eigenvalue weighted by Crippen LogP contribution is -2.62. The normalized spacial score (nSPS) is 22.4. The first-order valence-electron chi connectivity index (χ1n) is 7.26. The number of nitrogens with zero attached hydrogens (tertiary/aromatic N) is 1. The third-order valence-electron chi connectivity index (χ3n) is 4.40. The first-order chi connectivity index (χ1) is 9.82. The highest BCUT2D eigenvalue weighted by Crippen LogP contribution is 2.35. The Morgan fingerprint density at radius 3 is 2.00 bits per heavy atom. The van der Waals surface area contributed by atoms with Crippen LogP contribution < -0.4 is 0 Å². The van der Waals surface area contributed by atoms with Crippen LogP contribution in [-0.2, 0) is 13.0 Å². The lowest BCUT2D eigenvalue weighted by atomic mass is 9.79. The highest BCUT2D eigenvalue weighted by molar-refractivity contribution is 5.21. The molecule has 0 saturated carbocycles. The summed E-state index contributed by atoms with van der Waals surface area (Å²) in [5.74, 6) is 0. The number of aliphatic hydroxyl groups is 1. The first-order valence-corrected chi connectivity index (χ1v) is 7.26. The molecule has 1 aliphatic heterocycles. The van der Waals surface area contributed by atoms with E-state index in [1.807, 2.05) is 12.1 Å². The van der Waals surface area contributed by atoms with Gasteiger partial charge in [0.1, 0.15) is 0 Å². The molecule has 3 rings (SSSR count). The van der Waals surface area contributed by atoms with E-state index < -0.39 is 0 Å². The van der Waals surface area contributed by atoms with Gasteiger partial charge in [0, 0.05) is 18.6 Å². The van der Waals surface area contributed by atoms with E-state index in [2.05, 4.69) is 53.4 Å². The predicted octanol–water partition coefficient (Wildman–Crippen LogP) is 2.87. The fraction of sp³-hybridized carbons (Fsp3) is 0.333. The van der Waals surface area contributed by atoms with E-state index in [4.69, 9.17) is 0 Å². The van der Waals surface area contributed by atoms with Crippen LogP contribution in [0, 0.1) is 0 Å². The molecule has 0 amide bonds. The molecule has 2 aromatic carbocycles. The second kappa shape index (κ2) is 5.78. The number of hydrogen-bond acceptors (Lipinski definition) is 2. The van der Waals surface area contributed by atoms with Gasteiger partial charge in [-0.1, -0.05) is 60.7 Å². The molecule has 1 fully saturated rings. The average Bonchev–Trinajstić information content (AvgIpc) is 2.51. The van der Waals surface area contributed by atoms with Gasteiger partial charge >= 0.3 is 0 Å². The summed E-state index contributed by atoms with van der Waals surface area (Å²) in [6, 6.07) is 21.0. The second-order valence-corrected chi connectivity index (χ2v) is 5.70. The maximum Gasteiger partial charge on any atom is 0.0619 e. The summed E-state index contributed by atoms with van der Waals surface area (Å²) in [6.45, 7) is 2.23. The molecule has 20 heavy (non-hydrogen) atoms. The van der Waals surface area contributed by atoms with E-state index >= 15 is 0 Å². The fourth-order valence-electron chi connectivity index (χ4n) is 3.05. The van der Waals surface area contributed by atoms with Gasteiger partial charge in [0.25, 0.3) is 0 Å². The van der Waals surface area contributed by atoms with E-state index in [1.165, 1.54) is 11.1 Å². The molecule has 1 saturated heterocycles. The minimum Gasteiger partial charge on any atom is -0.394 e.